The number of benzene rings is 2. The summed E-state index contributed by atoms with van der Waals surface area (Å²) >= 11 is 1.49. The molecule has 18 heavy (non-hydrogen) atoms. The van der Waals surface area contributed by atoms with Crippen molar-refractivity contribution in [1.82, 2.24) is 0 Å². The number of rotatable bonds is 2. The molecular weight excluding hydrogens is 244 g/mol. The lowest BCUT2D eigenvalue weighted by Crippen LogP contribution is -2.11. The van der Waals surface area contributed by atoms with Gasteiger partial charge in [-0.15, -0.1) is 0 Å². The predicted octanol–water partition coefficient (Wildman–Crippen LogP) is 3.76. The number of fused-ring (bicyclic) bond motifs is 1. The molecule has 2 nitrogen and oxygen atoms in total. The van der Waals surface area contributed by atoms with E-state index in [2.05, 4.69) is 18.2 Å². The number of hydrogen-bond acceptors (Lipinski definition) is 3. The number of hydrogen-bond donors (Lipinski definition) is 0. The zero-order valence-electron chi connectivity index (χ0n) is 9.76. The molecule has 1 aliphatic rings. The molecule has 0 bridgehead atoms. The Hall–Kier alpha value is -1.74. The molecule has 2 aromatic rings. The Balaban J connectivity index is 2.00. The van der Waals surface area contributed by atoms with Crippen LogP contribution in [0.15, 0.2) is 58.3 Å². The summed E-state index contributed by atoms with van der Waals surface area (Å²) in [6.45, 7) is 0.498. The first kappa shape index (κ1) is 11.4. The van der Waals surface area contributed by atoms with Crippen LogP contribution in [0.5, 0.6) is 0 Å². The Morgan fingerprint density at radius 3 is 2.78 bits per heavy atom. The van der Waals surface area contributed by atoms with E-state index in [4.69, 9.17) is 4.74 Å². The summed E-state index contributed by atoms with van der Waals surface area (Å²) in [4.78, 5) is 13.4. The van der Waals surface area contributed by atoms with Crippen LogP contribution in [-0.2, 0) is 9.53 Å². The number of ether oxygens (including phenoxy) is 1. The number of esters is 1. The van der Waals surface area contributed by atoms with Crippen molar-refractivity contribution in [2.45, 2.75) is 11.3 Å². The molecule has 0 aromatic heterocycles. The standard InChI is InChI=1S/C15H12O2S/c16-15-14(9-4-10-17-15)18-13-8-3-6-11-5-1-2-7-12(11)13/h1-3,5-9H,4,10H2. The average molecular weight is 256 g/mol. The molecule has 3 rings (SSSR count). The summed E-state index contributed by atoms with van der Waals surface area (Å²) in [5, 5.41) is 2.36. The van der Waals surface area contributed by atoms with Gasteiger partial charge in [0.25, 0.3) is 0 Å². The van der Waals surface area contributed by atoms with Crippen molar-refractivity contribution < 1.29 is 9.53 Å². The van der Waals surface area contributed by atoms with Crippen LogP contribution in [0.25, 0.3) is 10.8 Å². The summed E-state index contributed by atoms with van der Waals surface area (Å²) in [6, 6.07) is 14.3. The minimum absolute atomic E-state index is 0.209. The van der Waals surface area contributed by atoms with Crippen molar-refractivity contribution in [1.29, 1.82) is 0 Å². The van der Waals surface area contributed by atoms with Crippen molar-refractivity contribution in [3.05, 3.63) is 53.4 Å². The smallest absolute Gasteiger partial charge is 0.344 e. The molecule has 0 radical (unpaired) electrons. The van der Waals surface area contributed by atoms with Gasteiger partial charge in [0.05, 0.1) is 11.5 Å². The minimum Gasteiger partial charge on any atom is -0.461 e. The average Bonchev–Trinajstić information content (AvgIpc) is 2.42. The van der Waals surface area contributed by atoms with Crippen LogP contribution in [0.3, 0.4) is 0 Å². The van der Waals surface area contributed by atoms with Gasteiger partial charge >= 0.3 is 5.97 Å². The van der Waals surface area contributed by atoms with E-state index in [-0.39, 0.29) is 5.97 Å². The van der Waals surface area contributed by atoms with E-state index >= 15 is 0 Å². The lowest BCUT2D eigenvalue weighted by atomic mass is 10.1. The van der Waals surface area contributed by atoms with Gasteiger partial charge in [0.2, 0.25) is 0 Å². The number of thioether (sulfide) groups is 1. The van der Waals surface area contributed by atoms with Crippen molar-refractivity contribution in [2.24, 2.45) is 0 Å². The van der Waals surface area contributed by atoms with E-state index in [0.717, 1.165) is 11.3 Å². The Kier molecular flexibility index (Phi) is 3.07. The fraction of sp³-hybridized carbons (Fsp3) is 0.133. The van der Waals surface area contributed by atoms with E-state index < -0.39 is 0 Å². The third kappa shape index (κ3) is 2.14. The van der Waals surface area contributed by atoms with Crippen LogP contribution in [0.4, 0.5) is 0 Å². The summed E-state index contributed by atoms with van der Waals surface area (Å²) in [6.07, 6.45) is 2.76. The zero-order valence-corrected chi connectivity index (χ0v) is 10.6. The molecule has 90 valence electrons. The number of carbonyl (C=O) groups is 1. The summed E-state index contributed by atoms with van der Waals surface area (Å²) in [7, 11) is 0. The Morgan fingerprint density at radius 1 is 1.06 bits per heavy atom. The summed E-state index contributed by atoms with van der Waals surface area (Å²) < 4.78 is 5.05. The monoisotopic (exact) mass is 256 g/mol. The SMILES string of the molecule is O=C1OCCC=C1Sc1cccc2ccccc12. The number of carbonyl (C=O) groups excluding carboxylic acids is 1. The van der Waals surface area contributed by atoms with Crippen molar-refractivity contribution >= 4 is 28.5 Å². The molecular formula is C15H12O2S. The highest BCUT2D eigenvalue weighted by atomic mass is 32.2. The molecule has 0 saturated heterocycles. The van der Waals surface area contributed by atoms with Crippen LogP contribution in [0.2, 0.25) is 0 Å². The molecule has 1 aliphatic heterocycles. The minimum atomic E-state index is -0.209. The maximum Gasteiger partial charge on any atom is 0.344 e. The summed E-state index contributed by atoms with van der Waals surface area (Å²) in [5.41, 5.74) is 0. The van der Waals surface area contributed by atoms with Gasteiger partial charge in [0.15, 0.2) is 0 Å². The van der Waals surface area contributed by atoms with Crippen molar-refractivity contribution in [3.63, 3.8) is 0 Å². The third-order valence-electron chi connectivity index (χ3n) is 2.85. The zero-order chi connectivity index (χ0) is 12.4. The van der Waals surface area contributed by atoms with Gasteiger partial charge in [-0.1, -0.05) is 54.2 Å². The second-order valence-corrected chi connectivity index (χ2v) is 5.16. The van der Waals surface area contributed by atoms with Crippen LogP contribution in [0, 0.1) is 0 Å². The first-order valence-electron chi connectivity index (χ1n) is 5.87. The fourth-order valence-electron chi connectivity index (χ4n) is 1.98. The first-order valence-corrected chi connectivity index (χ1v) is 6.69. The molecule has 0 saturated carbocycles. The largest absolute Gasteiger partial charge is 0.461 e. The molecule has 0 unspecified atom stereocenters. The lowest BCUT2D eigenvalue weighted by molar-refractivity contribution is -0.138. The van der Waals surface area contributed by atoms with Gasteiger partial charge in [-0.05, 0) is 16.8 Å². The number of cyclic esters (lactones) is 1. The van der Waals surface area contributed by atoms with Gasteiger partial charge in [-0.25, -0.2) is 4.79 Å². The molecule has 0 N–H and O–H groups in total. The van der Waals surface area contributed by atoms with Crippen LogP contribution in [0.1, 0.15) is 6.42 Å². The van der Waals surface area contributed by atoms with Crippen LogP contribution >= 0.6 is 11.8 Å². The molecule has 3 heteroatoms. The van der Waals surface area contributed by atoms with Gasteiger partial charge in [-0.2, -0.15) is 0 Å². The topological polar surface area (TPSA) is 26.3 Å². The lowest BCUT2D eigenvalue weighted by Gasteiger charge is -2.13. The second-order valence-electron chi connectivity index (χ2n) is 4.07. The molecule has 0 fully saturated rings. The molecule has 0 aliphatic carbocycles. The van der Waals surface area contributed by atoms with E-state index in [1.165, 1.54) is 22.5 Å². The van der Waals surface area contributed by atoms with E-state index in [9.17, 15) is 4.79 Å². The Bertz CT molecular complexity index is 626. The van der Waals surface area contributed by atoms with Gasteiger partial charge in [0, 0.05) is 11.3 Å². The van der Waals surface area contributed by atoms with Gasteiger partial charge in [-0.3, -0.25) is 0 Å². The van der Waals surface area contributed by atoms with Crippen molar-refractivity contribution in [3.8, 4) is 0 Å². The fourth-order valence-corrected chi connectivity index (χ4v) is 3.01. The summed E-state index contributed by atoms with van der Waals surface area (Å²) in [5.74, 6) is -0.209. The van der Waals surface area contributed by atoms with Crippen LogP contribution < -0.4 is 0 Å². The highest BCUT2D eigenvalue weighted by Gasteiger charge is 2.17. The third-order valence-corrected chi connectivity index (χ3v) is 3.98. The first-order chi connectivity index (χ1) is 8.84. The van der Waals surface area contributed by atoms with Crippen LogP contribution in [-0.4, -0.2) is 12.6 Å². The van der Waals surface area contributed by atoms with E-state index in [0.29, 0.717) is 11.5 Å². The maximum atomic E-state index is 11.6. The van der Waals surface area contributed by atoms with E-state index in [1.807, 2.05) is 30.3 Å². The van der Waals surface area contributed by atoms with Gasteiger partial charge in [0.1, 0.15) is 0 Å². The Morgan fingerprint density at radius 2 is 1.89 bits per heavy atom. The normalized spacial score (nSPS) is 15.3. The quantitative estimate of drug-likeness (QED) is 0.765. The second kappa shape index (κ2) is 4.86. The molecule has 0 spiro atoms. The van der Waals surface area contributed by atoms with Gasteiger partial charge < -0.3 is 4.74 Å². The highest BCUT2D eigenvalue weighted by Crippen LogP contribution is 2.34. The van der Waals surface area contributed by atoms with Crippen molar-refractivity contribution in [2.75, 3.05) is 6.61 Å². The molecule has 1 heterocycles. The predicted molar refractivity (Wildman–Crippen MR) is 73.5 cm³/mol. The molecule has 0 atom stereocenters. The maximum absolute atomic E-state index is 11.6. The molecule has 2 aromatic carbocycles. The Labute approximate surface area is 110 Å². The van der Waals surface area contributed by atoms with E-state index in [1.54, 1.807) is 0 Å². The highest BCUT2D eigenvalue weighted by molar-refractivity contribution is 8.04. The molecule has 0 amide bonds.